The highest BCUT2D eigenvalue weighted by molar-refractivity contribution is 5.80. The molecule has 28 heavy (non-hydrogen) atoms. The number of Topliss-reactive ketones (excluding diaryl/α,β-unsaturated/α-hetero) is 1. The van der Waals surface area contributed by atoms with Crippen molar-refractivity contribution in [3.05, 3.63) is 69.8 Å². The second-order valence-corrected chi connectivity index (χ2v) is 9.55. The van der Waals surface area contributed by atoms with E-state index in [0.717, 1.165) is 12.8 Å². The van der Waals surface area contributed by atoms with Crippen LogP contribution in [0.25, 0.3) is 0 Å². The molecule has 1 nitrogen and oxygen atoms in total. The summed E-state index contributed by atoms with van der Waals surface area (Å²) in [6, 6.07) is 13.5. The first-order chi connectivity index (χ1) is 13.4. The molecule has 0 heterocycles. The summed E-state index contributed by atoms with van der Waals surface area (Å²) in [5.41, 5.74) is 8.17. The fraction of sp³-hybridized carbons (Fsp3) is 0.519. The number of ketones is 1. The Morgan fingerprint density at radius 1 is 0.750 bits per heavy atom. The fourth-order valence-electron chi connectivity index (χ4n) is 5.12. The van der Waals surface area contributed by atoms with Crippen molar-refractivity contribution >= 4 is 5.78 Å². The van der Waals surface area contributed by atoms with Crippen molar-refractivity contribution in [2.75, 3.05) is 0 Å². The summed E-state index contributed by atoms with van der Waals surface area (Å²) in [7, 11) is 0. The molecule has 0 aliphatic heterocycles. The van der Waals surface area contributed by atoms with E-state index in [4.69, 9.17) is 0 Å². The Hall–Kier alpha value is -1.89. The molecule has 2 fully saturated rings. The summed E-state index contributed by atoms with van der Waals surface area (Å²) in [6.45, 7) is 8.73. The van der Waals surface area contributed by atoms with Gasteiger partial charge in [0.1, 0.15) is 5.78 Å². The van der Waals surface area contributed by atoms with Gasteiger partial charge in [0.05, 0.1) is 0 Å². The predicted molar refractivity (Wildman–Crippen MR) is 117 cm³/mol. The van der Waals surface area contributed by atoms with E-state index in [-0.39, 0.29) is 0 Å². The maximum atomic E-state index is 13.2. The Labute approximate surface area is 170 Å². The van der Waals surface area contributed by atoms with Crippen LogP contribution in [0.3, 0.4) is 0 Å². The maximum absolute atomic E-state index is 13.2. The van der Waals surface area contributed by atoms with E-state index in [9.17, 15) is 4.79 Å². The average Bonchev–Trinajstić information content (AvgIpc) is 3.53. The van der Waals surface area contributed by atoms with Crippen LogP contribution < -0.4 is 0 Å². The van der Waals surface area contributed by atoms with Crippen LogP contribution in [0.2, 0.25) is 0 Å². The number of hydrogen-bond acceptors (Lipinski definition) is 1. The maximum Gasteiger partial charge on any atom is 0.134 e. The molecule has 0 aromatic heterocycles. The Morgan fingerprint density at radius 3 is 1.46 bits per heavy atom. The molecule has 2 aliphatic rings. The van der Waals surface area contributed by atoms with Gasteiger partial charge in [0.15, 0.2) is 0 Å². The van der Waals surface area contributed by atoms with Crippen molar-refractivity contribution in [1.29, 1.82) is 0 Å². The van der Waals surface area contributed by atoms with Crippen LogP contribution in [0.15, 0.2) is 36.4 Å². The molecule has 2 aromatic carbocycles. The Morgan fingerprint density at radius 2 is 1.14 bits per heavy atom. The van der Waals surface area contributed by atoms with Crippen molar-refractivity contribution < 1.29 is 4.79 Å². The van der Waals surface area contributed by atoms with Crippen molar-refractivity contribution in [3.63, 3.8) is 0 Å². The number of benzene rings is 2. The Bertz CT molecular complexity index is 798. The van der Waals surface area contributed by atoms with Gasteiger partial charge in [0.25, 0.3) is 0 Å². The van der Waals surface area contributed by atoms with Crippen molar-refractivity contribution in [2.45, 2.75) is 78.1 Å². The molecule has 0 bridgehead atoms. The Balaban J connectivity index is 1.51. The normalized spacial score (nSPS) is 18.7. The number of aryl methyl sites for hydroxylation is 4. The summed E-state index contributed by atoms with van der Waals surface area (Å²) < 4.78 is 0. The first-order valence-corrected chi connectivity index (χ1v) is 11.1. The highest BCUT2D eigenvalue weighted by atomic mass is 16.1. The minimum atomic E-state index is 0.423. The van der Waals surface area contributed by atoms with Crippen LogP contribution in [0.4, 0.5) is 0 Å². The standard InChI is InChI=1S/C27H34O/c1-17-5-11-24(19(3)13-17)26(21-7-8-21)15-23(28)16-27(22-9-10-22)25-12-6-18(2)14-20(25)4/h5-6,11-14,21-22,26-27H,7-10,15-16H2,1-4H3/t26-,27-/m0/s1. The number of carbonyl (C=O) groups excluding carboxylic acids is 1. The van der Waals surface area contributed by atoms with Gasteiger partial charge in [-0.05, 0) is 99.3 Å². The third-order valence-corrected chi connectivity index (χ3v) is 6.93. The van der Waals surface area contributed by atoms with Crippen LogP contribution >= 0.6 is 0 Å². The number of hydrogen-bond donors (Lipinski definition) is 0. The summed E-state index contributed by atoms with van der Waals surface area (Å²) in [4.78, 5) is 13.2. The lowest BCUT2D eigenvalue weighted by Gasteiger charge is -2.22. The molecule has 4 rings (SSSR count). The third-order valence-electron chi connectivity index (χ3n) is 6.93. The number of carbonyl (C=O) groups is 1. The van der Waals surface area contributed by atoms with E-state index in [1.165, 1.54) is 59.1 Å². The topological polar surface area (TPSA) is 17.1 Å². The van der Waals surface area contributed by atoms with Gasteiger partial charge in [-0.1, -0.05) is 47.5 Å². The molecule has 148 valence electrons. The summed E-state index contributed by atoms with van der Waals surface area (Å²) in [5.74, 6) is 2.74. The van der Waals surface area contributed by atoms with Crippen molar-refractivity contribution in [3.8, 4) is 0 Å². The predicted octanol–water partition coefficient (Wildman–Crippen LogP) is 6.96. The van der Waals surface area contributed by atoms with Crippen LogP contribution in [0, 0.1) is 39.5 Å². The first-order valence-electron chi connectivity index (χ1n) is 11.1. The van der Waals surface area contributed by atoms with Crippen LogP contribution in [-0.4, -0.2) is 5.78 Å². The molecular weight excluding hydrogens is 340 g/mol. The summed E-state index contributed by atoms with van der Waals surface area (Å²) in [5, 5.41) is 0. The zero-order valence-electron chi connectivity index (χ0n) is 17.9. The van der Waals surface area contributed by atoms with E-state index in [1.807, 2.05) is 0 Å². The van der Waals surface area contributed by atoms with Gasteiger partial charge in [-0.25, -0.2) is 0 Å². The molecule has 2 saturated carbocycles. The second kappa shape index (κ2) is 7.85. The van der Waals surface area contributed by atoms with E-state index < -0.39 is 0 Å². The summed E-state index contributed by atoms with van der Waals surface area (Å²) in [6.07, 6.45) is 6.59. The van der Waals surface area contributed by atoms with Crippen LogP contribution in [-0.2, 0) is 4.79 Å². The van der Waals surface area contributed by atoms with Crippen LogP contribution in [0.5, 0.6) is 0 Å². The molecule has 0 N–H and O–H groups in total. The monoisotopic (exact) mass is 374 g/mol. The van der Waals surface area contributed by atoms with Gasteiger partial charge in [-0.3, -0.25) is 4.79 Å². The van der Waals surface area contributed by atoms with E-state index in [2.05, 4.69) is 64.1 Å². The minimum absolute atomic E-state index is 0.423. The first kappa shape index (κ1) is 19.4. The number of rotatable bonds is 8. The van der Waals surface area contributed by atoms with E-state index in [0.29, 0.717) is 29.5 Å². The molecule has 2 aromatic rings. The molecule has 0 unspecified atom stereocenters. The van der Waals surface area contributed by atoms with Gasteiger partial charge in [-0.2, -0.15) is 0 Å². The summed E-state index contributed by atoms with van der Waals surface area (Å²) >= 11 is 0. The smallest absolute Gasteiger partial charge is 0.134 e. The molecule has 2 atom stereocenters. The zero-order chi connectivity index (χ0) is 19.8. The fourth-order valence-corrected chi connectivity index (χ4v) is 5.12. The van der Waals surface area contributed by atoms with Gasteiger partial charge < -0.3 is 0 Å². The van der Waals surface area contributed by atoms with Crippen LogP contribution in [0.1, 0.15) is 83.7 Å². The lowest BCUT2D eigenvalue weighted by Crippen LogP contribution is -2.15. The molecular formula is C27H34O. The largest absolute Gasteiger partial charge is 0.300 e. The Kier molecular flexibility index (Phi) is 5.45. The third kappa shape index (κ3) is 4.40. The lowest BCUT2D eigenvalue weighted by atomic mass is 9.81. The zero-order valence-corrected chi connectivity index (χ0v) is 17.9. The van der Waals surface area contributed by atoms with E-state index in [1.54, 1.807) is 0 Å². The van der Waals surface area contributed by atoms with Gasteiger partial charge in [0.2, 0.25) is 0 Å². The molecule has 0 amide bonds. The highest BCUT2D eigenvalue weighted by Gasteiger charge is 2.37. The van der Waals surface area contributed by atoms with Crippen molar-refractivity contribution in [1.82, 2.24) is 0 Å². The second-order valence-electron chi connectivity index (χ2n) is 9.55. The van der Waals surface area contributed by atoms with Gasteiger partial charge in [-0.15, -0.1) is 0 Å². The quantitative estimate of drug-likeness (QED) is 0.488. The lowest BCUT2D eigenvalue weighted by molar-refractivity contribution is -0.120. The average molecular weight is 375 g/mol. The SMILES string of the molecule is Cc1ccc([C@@H](CC(=O)C[C@H](c2ccc(C)cc2C)C2CC2)C2CC2)c(C)c1. The van der Waals surface area contributed by atoms with Crippen molar-refractivity contribution in [2.24, 2.45) is 11.8 Å². The molecule has 0 saturated heterocycles. The molecule has 0 spiro atoms. The van der Waals surface area contributed by atoms with Gasteiger partial charge in [0, 0.05) is 12.8 Å². The molecule has 2 aliphatic carbocycles. The van der Waals surface area contributed by atoms with Gasteiger partial charge >= 0.3 is 0 Å². The minimum Gasteiger partial charge on any atom is -0.300 e. The van der Waals surface area contributed by atoms with E-state index >= 15 is 0 Å². The highest BCUT2D eigenvalue weighted by Crippen LogP contribution is 2.48. The molecule has 1 heteroatoms. The molecule has 0 radical (unpaired) electrons.